The fraction of sp³-hybridized carbons (Fsp3) is 0.158. The van der Waals surface area contributed by atoms with E-state index >= 15 is 0 Å². The second kappa shape index (κ2) is 8.53. The van der Waals surface area contributed by atoms with Gasteiger partial charge in [0.05, 0.1) is 18.1 Å². The number of para-hydroxylation sites is 2. The number of esters is 1. The summed E-state index contributed by atoms with van der Waals surface area (Å²) in [6.45, 7) is 2.08. The number of halogens is 1. The molecule has 9 heteroatoms. The van der Waals surface area contributed by atoms with E-state index in [9.17, 15) is 14.9 Å². The minimum atomic E-state index is -0.618. The Morgan fingerprint density at radius 3 is 2.64 bits per heavy atom. The van der Waals surface area contributed by atoms with Crippen LogP contribution in [0.15, 0.2) is 54.6 Å². The molecule has 1 aromatic heterocycles. The van der Waals surface area contributed by atoms with Crippen LogP contribution >= 0.6 is 11.6 Å². The minimum absolute atomic E-state index is 0.0301. The molecule has 144 valence electrons. The first kappa shape index (κ1) is 19.4. The van der Waals surface area contributed by atoms with Gasteiger partial charge >= 0.3 is 11.7 Å². The maximum Gasteiger partial charge on any atom is 0.358 e. The topological polar surface area (TPSA) is 96.5 Å². The lowest BCUT2D eigenvalue weighted by atomic mass is 10.2. The molecule has 0 bridgehead atoms. The predicted octanol–water partition coefficient (Wildman–Crippen LogP) is 4.46. The number of nitrogens with zero attached hydrogens (tertiary/aromatic N) is 3. The van der Waals surface area contributed by atoms with Gasteiger partial charge in [-0.3, -0.25) is 10.1 Å². The van der Waals surface area contributed by atoms with E-state index in [2.05, 4.69) is 5.10 Å². The number of carbonyl (C=O) groups excluding carboxylic acids is 1. The molecule has 1 heterocycles. The highest BCUT2D eigenvalue weighted by molar-refractivity contribution is 6.31. The van der Waals surface area contributed by atoms with Crippen molar-refractivity contribution in [3.63, 3.8) is 0 Å². The van der Waals surface area contributed by atoms with Crippen molar-refractivity contribution in [2.45, 2.75) is 13.5 Å². The van der Waals surface area contributed by atoms with E-state index in [-0.39, 0.29) is 36.2 Å². The van der Waals surface area contributed by atoms with Gasteiger partial charge in [-0.2, -0.15) is 5.10 Å². The van der Waals surface area contributed by atoms with Crippen molar-refractivity contribution in [3.8, 4) is 11.6 Å². The van der Waals surface area contributed by atoms with Gasteiger partial charge in [0.2, 0.25) is 11.6 Å². The smallest absolute Gasteiger partial charge is 0.358 e. The van der Waals surface area contributed by atoms with Crippen LogP contribution in [0.25, 0.3) is 0 Å². The highest BCUT2D eigenvalue weighted by atomic mass is 35.5. The number of benzene rings is 2. The molecular formula is C19H16ClN3O5. The summed E-state index contributed by atoms with van der Waals surface area (Å²) in [6.07, 6.45) is 0. The molecule has 28 heavy (non-hydrogen) atoms. The fourth-order valence-corrected chi connectivity index (χ4v) is 2.69. The molecule has 0 spiro atoms. The zero-order chi connectivity index (χ0) is 20.1. The quantitative estimate of drug-likeness (QED) is 0.329. The Morgan fingerprint density at radius 1 is 1.21 bits per heavy atom. The highest BCUT2D eigenvalue weighted by Gasteiger charge is 2.21. The zero-order valence-corrected chi connectivity index (χ0v) is 15.6. The minimum Gasteiger partial charge on any atom is -0.461 e. The number of hydrogen-bond donors (Lipinski definition) is 0. The third kappa shape index (κ3) is 4.29. The molecule has 0 atom stereocenters. The summed E-state index contributed by atoms with van der Waals surface area (Å²) >= 11 is 6.21. The van der Waals surface area contributed by atoms with Crippen molar-refractivity contribution < 1.29 is 19.2 Å². The van der Waals surface area contributed by atoms with Gasteiger partial charge in [-0.15, -0.1) is 0 Å². The second-order valence-corrected chi connectivity index (χ2v) is 6.07. The number of carbonyl (C=O) groups is 1. The molecule has 0 unspecified atom stereocenters. The number of ether oxygens (including phenoxy) is 2. The van der Waals surface area contributed by atoms with E-state index in [4.69, 9.17) is 21.1 Å². The van der Waals surface area contributed by atoms with Gasteiger partial charge in [0.1, 0.15) is 0 Å². The summed E-state index contributed by atoms with van der Waals surface area (Å²) in [5.41, 5.74) is 0.572. The average molecular weight is 402 g/mol. The summed E-state index contributed by atoms with van der Waals surface area (Å²) in [4.78, 5) is 22.8. The SMILES string of the molecule is CCOC(=O)c1cc(Oc2ccccc2[N+](=O)[O-])n(Cc2ccccc2Cl)n1. The molecule has 3 aromatic rings. The lowest BCUT2D eigenvalue weighted by Gasteiger charge is -2.10. The van der Waals surface area contributed by atoms with Crippen LogP contribution in [0.1, 0.15) is 23.0 Å². The molecule has 0 amide bonds. The summed E-state index contributed by atoms with van der Waals surface area (Å²) in [6, 6.07) is 14.5. The maximum atomic E-state index is 12.1. The van der Waals surface area contributed by atoms with Crippen LogP contribution in [0, 0.1) is 10.1 Å². The molecule has 0 saturated heterocycles. The highest BCUT2D eigenvalue weighted by Crippen LogP contribution is 2.32. The lowest BCUT2D eigenvalue weighted by Crippen LogP contribution is -2.08. The zero-order valence-electron chi connectivity index (χ0n) is 14.9. The van der Waals surface area contributed by atoms with Gasteiger partial charge in [0, 0.05) is 17.2 Å². The van der Waals surface area contributed by atoms with E-state index in [1.807, 2.05) is 12.1 Å². The van der Waals surface area contributed by atoms with Gasteiger partial charge < -0.3 is 9.47 Å². The monoisotopic (exact) mass is 401 g/mol. The second-order valence-electron chi connectivity index (χ2n) is 5.66. The van der Waals surface area contributed by atoms with E-state index in [0.717, 1.165) is 5.56 Å². The van der Waals surface area contributed by atoms with E-state index in [0.29, 0.717) is 5.02 Å². The van der Waals surface area contributed by atoms with Gasteiger partial charge in [0.25, 0.3) is 0 Å². The van der Waals surface area contributed by atoms with E-state index in [1.54, 1.807) is 25.1 Å². The van der Waals surface area contributed by atoms with Gasteiger partial charge in [-0.05, 0) is 24.6 Å². The average Bonchev–Trinajstić information content (AvgIpc) is 3.07. The molecule has 0 fully saturated rings. The van der Waals surface area contributed by atoms with Crippen LogP contribution in [0.5, 0.6) is 11.6 Å². The molecule has 3 rings (SSSR count). The van der Waals surface area contributed by atoms with Crippen molar-refractivity contribution in [1.82, 2.24) is 9.78 Å². The largest absolute Gasteiger partial charge is 0.461 e. The van der Waals surface area contributed by atoms with E-state index < -0.39 is 10.9 Å². The number of rotatable bonds is 7. The fourth-order valence-electron chi connectivity index (χ4n) is 2.49. The Bertz CT molecular complexity index is 1020. The van der Waals surface area contributed by atoms with Crippen LogP contribution in [0.2, 0.25) is 5.02 Å². The van der Waals surface area contributed by atoms with Gasteiger partial charge in [-0.1, -0.05) is 41.9 Å². The molecule has 0 radical (unpaired) electrons. The van der Waals surface area contributed by atoms with Crippen LogP contribution in [-0.4, -0.2) is 27.3 Å². The molecule has 0 aliphatic rings. The number of nitro benzene ring substituents is 1. The number of hydrogen-bond acceptors (Lipinski definition) is 6. The summed E-state index contributed by atoms with van der Waals surface area (Å²) in [5.74, 6) is -0.437. The van der Waals surface area contributed by atoms with E-state index in [1.165, 1.54) is 28.9 Å². The molecule has 0 aliphatic carbocycles. The number of nitro groups is 1. The standard InChI is InChI=1S/C19H16ClN3O5/c1-2-27-19(24)15-11-18(28-17-10-6-5-9-16(17)23(25)26)22(21-15)12-13-7-3-4-8-14(13)20/h3-11H,2,12H2,1H3. The molecule has 8 nitrogen and oxygen atoms in total. The normalized spacial score (nSPS) is 10.5. The van der Waals surface area contributed by atoms with Crippen molar-refractivity contribution in [1.29, 1.82) is 0 Å². The lowest BCUT2D eigenvalue weighted by molar-refractivity contribution is -0.385. The Labute approximate surface area is 165 Å². The molecule has 0 aliphatic heterocycles. The first-order valence-electron chi connectivity index (χ1n) is 8.39. The Balaban J connectivity index is 2.00. The van der Waals surface area contributed by atoms with Crippen molar-refractivity contribution in [2.75, 3.05) is 6.61 Å². The molecule has 0 saturated carbocycles. The van der Waals surface area contributed by atoms with Crippen LogP contribution in [0.4, 0.5) is 5.69 Å². The Hall–Kier alpha value is -3.39. The first-order valence-corrected chi connectivity index (χ1v) is 8.77. The summed E-state index contributed by atoms with van der Waals surface area (Å²) < 4.78 is 12.1. The van der Waals surface area contributed by atoms with Gasteiger partial charge in [-0.25, -0.2) is 9.48 Å². The number of aromatic nitrogens is 2. The van der Waals surface area contributed by atoms with Crippen molar-refractivity contribution in [2.24, 2.45) is 0 Å². The molecule has 0 N–H and O–H groups in total. The Kier molecular flexibility index (Phi) is 5.90. The van der Waals surface area contributed by atoms with Crippen molar-refractivity contribution >= 4 is 23.3 Å². The molecular weight excluding hydrogens is 386 g/mol. The maximum absolute atomic E-state index is 12.1. The Morgan fingerprint density at radius 2 is 1.93 bits per heavy atom. The summed E-state index contributed by atoms with van der Waals surface area (Å²) in [5, 5.41) is 16.0. The predicted molar refractivity (Wildman–Crippen MR) is 102 cm³/mol. The third-order valence-corrected chi connectivity index (χ3v) is 4.15. The molecule has 2 aromatic carbocycles. The van der Waals surface area contributed by atoms with Crippen LogP contribution in [0.3, 0.4) is 0 Å². The first-order chi connectivity index (χ1) is 13.5. The third-order valence-electron chi connectivity index (χ3n) is 3.78. The van der Waals surface area contributed by atoms with Crippen molar-refractivity contribution in [3.05, 3.63) is 81.0 Å². The van der Waals surface area contributed by atoms with Gasteiger partial charge in [0.15, 0.2) is 5.69 Å². The van der Waals surface area contributed by atoms with Crippen LogP contribution < -0.4 is 4.74 Å². The van der Waals surface area contributed by atoms with Crippen LogP contribution in [-0.2, 0) is 11.3 Å². The summed E-state index contributed by atoms with van der Waals surface area (Å²) in [7, 11) is 0.